The maximum Gasteiger partial charge on any atom is 0.253 e. The first kappa shape index (κ1) is 27.0. The summed E-state index contributed by atoms with van der Waals surface area (Å²) >= 11 is 13.5. The van der Waals surface area contributed by atoms with Crippen molar-refractivity contribution in [3.63, 3.8) is 0 Å². The first-order chi connectivity index (χ1) is 16.6. The van der Waals surface area contributed by atoms with Gasteiger partial charge in [0.05, 0.1) is 22.4 Å². The lowest BCUT2D eigenvalue weighted by Crippen LogP contribution is -2.31. The Labute approximate surface area is 220 Å². The molecule has 2 N–H and O–H groups in total. The number of nitrogens with one attached hydrogen (secondary N) is 2. The quantitative estimate of drug-likeness (QED) is 0.330. The monoisotopic (exact) mass is 533 g/mol. The van der Waals surface area contributed by atoms with E-state index in [-0.39, 0.29) is 34.5 Å². The molecule has 2 aromatic carbocycles. The van der Waals surface area contributed by atoms with E-state index >= 15 is 0 Å². The van der Waals surface area contributed by atoms with E-state index in [1.807, 2.05) is 43.7 Å². The lowest BCUT2D eigenvalue weighted by molar-refractivity contribution is -0.113. The van der Waals surface area contributed by atoms with Gasteiger partial charge in [-0.25, -0.2) is 0 Å². The summed E-state index contributed by atoms with van der Waals surface area (Å²) < 4.78 is 1.81. The fraction of sp³-hybridized carbons (Fsp3) is 0.360. The summed E-state index contributed by atoms with van der Waals surface area (Å²) in [4.78, 5) is 25.5. The van der Waals surface area contributed by atoms with Crippen LogP contribution in [0.1, 0.15) is 53.6 Å². The lowest BCUT2D eigenvalue weighted by atomic mass is 10.0. The highest BCUT2D eigenvalue weighted by Crippen LogP contribution is 2.27. The number of anilines is 1. The van der Waals surface area contributed by atoms with Gasteiger partial charge in [-0.05, 0) is 55.5 Å². The van der Waals surface area contributed by atoms with Crippen LogP contribution in [0, 0.1) is 19.8 Å². The molecule has 0 aliphatic carbocycles. The Hall–Kier alpha value is -2.55. The highest BCUT2D eigenvalue weighted by atomic mass is 35.5. The van der Waals surface area contributed by atoms with Gasteiger partial charge < -0.3 is 15.2 Å². The van der Waals surface area contributed by atoms with Crippen LogP contribution in [0.25, 0.3) is 0 Å². The molecule has 0 aliphatic heterocycles. The normalized spacial score (nSPS) is 12.0. The number of aromatic nitrogens is 3. The second kappa shape index (κ2) is 11.9. The topological polar surface area (TPSA) is 88.9 Å². The molecule has 2 amide bonds. The van der Waals surface area contributed by atoms with E-state index in [9.17, 15) is 9.59 Å². The molecule has 186 valence electrons. The fourth-order valence-corrected chi connectivity index (χ4v) is 4.89. The first-order valence-corrected chi connectivity index (χ1v) is 12.9. The number of para-hydroxylation sites is 1. The van der Waals surface area contributed by atoms with Gasteiger partial charge in [0.2, 0.25) is 5.91 Å². The summed E-state index contributed by atoms with van der Waals surface area (Å²) in [5.74, 6) is 0.636. The summed E-state index contributed by atoms with van der Waals surface area (Å²) in [5, 5.41) is 15.9. The number of carbonyl (C=O) groups is 2. The van der Waals surface area contributed by atoms with Gasteiger partial charge in [-0.1, -0.05) is 67.0 Å². The zero-order valence-corrected chi connectivity index (χ0v) is 22.7. The molecule has 0 aliphatic rings. The van der Waals surface area contributed by atoms with E-state index in [4.69, 9.17) is 23.2 Å². The lowest BCUT2D eigenvalue weighted by Gasteiger charge is -2.20. The Morgan fingerprint density at radius 1 is 1.09 bits per heavy atom. The zero-order chi connectivity index (χ0) is 25.7. The van der Waals surface area contributed by atoms with Crippen LogP contribution in [0.3, 0.4) is 0 Å². The number of nitrogens with zero attached hydrogens (tertiary/aromatic N) is 3. The molecular formula is C25H29Cl2N5O2S. The summed E-state index contributed by atoms with van der Waals surface area (Å²) in [5.41, 5.74) is 3.19. The predicted molar refractivity (Wildman–Crippen MR) is 142 cm³/mol. The third kappa shape index (κ3) is 6.99. The number of rotatable bonds is 9. The van der Waals surface area contributed by atoms with Gasteiger partial charge in [0, 0.05) is 17.8 Å². The summed E-state index contributed by atoms with van der Waals surface area (Å²) in [6.45, 7) is 8.06. The average Bonchev–Trinajstić information content (AvgIpc) is 3.14. The number of amides is 2. The molecule has 0 bridgehead atoms. The van der Waals surface area contributed by atoms with Crippen molar-refractivity contribution in [3.05, 3.63) is 69.0 Å². The Morgan fingerprint density at radius 2 is 1.77 bits per heavy atom. The third-order valence-corrected chi connectivity index (χ3v) is 7.01. The number of carbonyl (C=O) groups excluding carboxylic acids is 2. The molecule has 1 aromatic heterocycles. The zero-order valence-electron chi connectivity index (χ0n) is 20.4. The van der Waals surface area contributed by atoms with Crippen molar-refractivity contribution in [1.29, 1.82) is 0 Å². The average molecular weight is 535 g/mol. The second-order valence-electron chi connectivity index (χ2n) is 8.78. The minimum absolute atomic E-state index is 0.124. The van der Waals surface area contributed by atoms with E-state index < -0.39 is 0 Å². The van der Waals surface area contributed by atoms with Crippen molar-refractivity contribution in [3.8, 4) is 0 Å². The Bertz CT molecular complexity index is 1210. The minimum Gasteiger partial charge on any atom is -0.342 e. The van der Waals surface area contributed by atoms with Crippen LogP contribution >= 0.6 is 35.0 Å². The maximum atomic E-state index is 12.9. The van der Waals surface area contributed by atoms with Crippen LogP contribution < -0.4 is 10.6 Å². The van der Waals surface area contributed by atoms with E-state index in [0.29, 0.717) is 28.0 Å². The number of aryl methyl sites for hydroxylation is 2. The highest BCUT2D eigenvalue weighted by Gasteiger charge is 2.24. The molecule has 3 rings (SSSR count). The minimum atomic E-state index is -0.385. The fourth-order valence-electron chi connectivity index (χ4n) is 3.68. The van der Waals surface area contributed by atoms with E-state index in [0.717, 1.165) is 16.8 Å². The molecule has 0 radical (unpaired) electrons. The molecule has 0 unspecified atom stereocenters. The van der Waals surface area contributed by atoms with Crippen molar-refractivity contribution in [1.82, 2.24) is 20.1 Å². The maximum absolute atomic E-state index is 12.9. The van der Waals surface area contributed by atoms with Crippen LogP contribution in [0.5, 0.6) is 0 Å². The predicted octanol–water partition coefficient (Wildman–Crippen LogP) is 5.99. The molecule has 0 spiro atoms. The van der Waals surface area contributed by atoms with Crippen LogP contribution in [0.2, 0.25) is 10.0 Å². The SMILES string of the molecule is Cc1cccc(C)c1NC(=O)CSc1nnc([C@H](CC(C)C)NC(=O)c2ccc(Cl)cc2Cl)n1C. The molecule has 0 saturated heterocycles. The van der Waals surface area contributed by atoms with Gasteiger partial charge in [-0.2, -0.15) is 0 Å². The van der Waals surface area contributed by atoms with Crippen LogP contribution in [-0.2, 0) is 11.8 Å². The molecule has 1 heterocycles. The van der Waals surface area contributed by atoms with Crippen molar-refractivity contribution in [2.75, 3.05) is 11.1 Å². The van der Waals surface area contributed by atoms with Crippen molar-refractivity contribution in [2.24, 2.45) is 13.0 Å². The molecule has 7 nitrogen and oxygen atoms in total. The van der Waals surface area contributed by atoms with E-state index in [2.05, 4.69) is 34.7 Å². The Morgan fingerprint density at radius 3 is 2.40 bits per heavy atom. The highest BCUT2D eigenvalue weighted by molar-refractivity contribution is 7.99. The smallest absolute Gasteiger partial charge is 0.253 e. The number of halogens is 2. The summed E-state index contributed by atoms with van der Waals surface area (Å²) in [7, 11) is 1.83. The van der Waals surface area contributed by atoms with E-state index in [1.54, 1.807) is 12.1 Å². The molecule has 1 atom stereocenters. The van der Waals surface area contributed by atoms with Crippen LogP contribution in [0.15, 0.2) is 41.6 Å². The van der Waals surface area contributed by atoms with Crippen LogP contribution in [0.4, 0.5) is 5.69 Å². The standard InChI is InChI=1S/C25H29Cl2N5O2S/c1-14(2)11-20(28-24(34)18-10-9-17(26)12-19(18)27)23-30-31-25(32(23)5)35-13-21(33)29-22-15(3)7-6-8-16(22)4/h6-10,12,14,20H,11,13H2,1-5H3,(H,28,34)(H,29,33)/t20-/m0/s1. The first-order valence-electron chi connectivity index (χ1n) is 11.2. The molecule has 10 heteroatoms. The number of hydrogen-bond donors (Lipinski definition) is 2. The van der Waals surface area contributed by atoms with Gasteiger partial charge in [0.25, 0.3) is 5.91 Å². The number of hydrogen-bond acceptors (Lipinski definition) is 5. The molecule has 0 saturated carbocycles. The van der Waals surface area contributed by atoms with Gasteiger partial charge in [-0.15, -0.1) is 10.2 Å². The van der Waals surface area contributed by atoms with Crippen LogP contribution in [-0.4, -0.2) is 32.3 Å². The van der Waals surface area contributed by atoms with Crippen molar-refractivity contribution >= 4 is 52.5 Å². The van der Waals surface area contributed by atoms with Crippen molar-refractivity contribution < 1.29 is 9.59 Å². The second-order valence-corrected chi connectivity index (χ2v) is 10.6. The molecule has 3 aromatic rings. The number of thioether (sulfide) groups is 1. The Balaban J connectivity index is 1.72. The van der Waals surface area contributed by atoms with Gasteiger partial charge >= 0.3 is 0 Å². The molecular weight excluding hydrogens is 505 g/mol. The largest absolute Gasteiger partial charge is 0.342 e. The van der Waals surface area contributed by atoms with E-state index in [1.165, 1.54) is 17.8 Å². The summed E-state index contributed by atoms with van der Waals surface area (Å²) in [6, 6.07) is 10.3. The third-order valence-electron chi connectivity index (χ3n) is 5.45. The van der Waals surface area contributed by atoms with Gasteiger partial charge in [0.15, 0.2) is 11.0 Å². The summed E-state index contributed by atoms with van der Waals surface area (Å²) in [6.07, 6.45) is 0.653. The molecule has 0 fully saturated rings. The molecule has 35 heavy (non-hydrogen) atoms. The Kier molecular flexibility index (Phi) is 9.21. The number of benzene rings is 2. The van der Waals surface area contributed by atoms with Crippen molar-refractivity contribution in [2.45, 2.75) is 45.3 Å². The van der Waals surface area contributed by atoms with Gasteiger partial charge in [0.1, 0.15) is 0 Å². The van der Waals surface area contributed by atoms with Gasteiger partial charge in [-0.3, -0.25) is 9.59 Å².